The van der Waals surface area contributed by atoms with Crippen molar-refractivity contribution in [3.05, 3.63) is 18.4 Å². The number of carbonyl (C=O) groups excluding carboxylic acids is 1. The van der Waals surface area contributed by atoms with E-state index < -0.39 is 11.6 Å². The summed E-state index contributed by atoms with van der Waals surface area (Å²) in [5.41, 5.74) is -1.71. The van der Waals surface area contributed by atoms with Gasteiger partial charge in [-0.25, -0.2) is 4.79 Å². The van der Waals surface area contributed by atoms with Crippen LogP contribution in [0.2, 0.25) is 0 Å². The zero-order valence-corrected chi connectivity index (χ0v) is 9.90. The summed E-state index contributed by atoms with van der Waals surface area (Å²) in [6.45, 7) is 1.15. The van der Waals surface area contributed by atoms with Gasteiger partial charge in [0.15, 0.2) is 11.4 Å². The molecular formula is C10H12N4O4. The summed E-state index contributed by atoms with van der Waals surface area (Å²) in [4.78, 5) is 12.4. The van der Waals surface area contributed by atoms with Gasteiger partial charge in [0, 0.05) is 0 Å². The molecule has 8 nitrogen and oxygen atoms in total. The summed E-state index contributed by atoms with van der Waals surface area (Å²) in [5.74, 6) is -0.0287. The molecule has 0 saturated heterocycles. The number of aromatic nitrogens is 4. The van der Waals surface area contributed by atoms with Crippen molar-refractivity contribution in [3.63, 3.8) is 0 Å². The van der Waals surface area contributed by atoms with Gasteiger partial charge in [-0.3, -0.25) is 0 Å². The fraction of sp³-hybridized carbons (Fsp3) is 0.400. The van der Waals surface area contributed by atoms with E-state index in [9.17, 15) is 9.90 Å². The van der Waals surface area contributed by atoms with Crippen LogP contribution in [0.5, 0.6) is 0 Å². The van der Waals surface area contributed by atoms with Crippen LogP contribution < -0.4 is 0 Å². The second-order valence-corrected chi connectivity index (χ2v) is 3.89. The predicted molar refractivity (Wildman–Crippen MR) is 58.2 cm³/mol. The van der Waals surface area contributed by atoms with Gasteiger partial charge in [0.05, 0.1) is 13.4 Å². The Hall–Kier alpha value is -2.22. The predicted octanol–water partition coefficient (Wildman–Crippen LogP) is -0.143. The molecule has 2 aromatic heterocycles. The van der Waals surface area contributed by atoms with Crippen molar-refractivity contribution in [1.29, 1.82) is 0 Å². The van der Waals surface area contributed by atoms with Crippen LogP contribution in [-0.4, -0.2) is 44.0 Å². The minimum atomic E-state index is -1.71. The van der Waals surface area contributed by atoms with E-state index in [1.54, 1.807) is 12.1 Å². The molecule has 2 heterocycles. The molecule has 0 amide bonds. The number of furan rings is 1. The van der Waals surface area contributed by atoms with Gasteiger partial charge in [-0.1, -0.05) is 0 Å². The topological polar surface area (TPSA) is 103 Å². The Balaban J connectivity index is 2.14. The molecule has 0 radical (unpaired) electrons. The van der Waals surface area contributed by atoms with E-state index >= 15 is 0 Å². The number of methoxy groups -OCH3 is 1. The SMILES string of the molecule is COC(=O)C(C)(O)Cn1nnc(-c2ccco2)n1. The van der Waals surface area contributed by atoms with Crippen molar-refractivity contribution in [3.8, 4) is 11.6 Å². The Labute approximate surface area is 102 Å². The third kappa shape index (κ3) is 2.38. The van der Waals surface area contributed by atoms with Crippen LogP contribution in [0.25, 0.3) is 11.6 Å². The van der Waals surface area contributed by atoms with Crippen molar-refractivity contribution in [2.45, 2.75) is 19.1 Å². The third-order valence-corrected chi connectivity index (χ3v) is 2.27. The fourth-order valence-corrected chi connectivity index (χ4v) is 1.37. The highest BCUT2D eigenvalue weighted by molar-refractivity contribution is 5.78. The number of carbonyl (C=O) groups is 1. The fourth-order valence-electron chi connectivity index (χ4n) is 1.37. The highest BCUT2D eigenvalue weighted by Gasteiger charge is 2.33. The molecule has 1 atom stereocenters. The van der Waals surface area contributed by atoms with Crippen LogP contribution in [0.3, 0.4) is 0 Å². The van der Waals surface area contributed by atoms with E-state index in [1.807, 2.05) is 0 Å². The molecular weight excluding hydrogens is 240 g/mol. The van der Waals surface area contributed by atoms with Crippen molar-refractivity contribution in [2.24, 2.45) is 0 Å². The van der Waals surface area contributed by atoms with E-state index in [0.29, 0.717) is 5.76 Å². The Morgan fingerprint density at radius 2 is 2.44 bits per heavy atom. The molecule has 0 fully saturated rings. The zero-order valence-electron chi connectivity index (χ0n) is 9.90. The van der Waals surface area contributed by atoms with Crippen LogP contribution in [0.1, 0.15) is 6.92 Å². The maximum atomic E-state index is 11.3. The van der Waals surface area contributed by atoms with Gasteiger partial charge in [-0.2, -0.15) is 4.80 Å². The molecule has 2 rings (SSSR count). The number of hydrogen-bond donors (Lipinski definition) is 1. The molecule has 1 N–H and O–H groups in total. The van der Waals surface area contributed by atoms with Gasteiger partial charge in [0.1, 0.15) is 6.54 Å². The molecule has 18 heavy (non-hydrogen) atoms. The normalized spacial score (nSPS) is 14.2. The standard InChI is InChI=1S/C10H12N4O4/c1-10(16,9(15)17-2)6-14-12-8(11-13-14)7-4-3-5-18-7/h3-5,16H,6H2,1-2H3. The van der Waals surface area contributed by atoms with E-state index in [-0.39, 0.29) is 12.4 Å². The summed E-state index contributed by atoms with van der Waals surface area (Å²) in [6, 6.07) is 3.38. The molecule has 2 aromatic rings. The average molecular weight is 252 g/mol. The average Bonchev–Trinajstić information content (AvgIpc) is 2.97. The lowest BCUT2D eigenvalue weighted by atomic mass is 10.1. The lowest BCUT2D eigenvalue weighted by molar-refractivity contribution is -0.162. The van der Waals surface area contributed by atoms with Crippen LogP contribution in [0.15, 0.2) is 22.8 Å². The van der Waals surface area contributed by atoms with Gasteiger partial charge in [0.2, 0.25) is 5.82 Å². The summed E-state index contributed by atoms with van der Waals surface area (Å²) in [6.07, 6.45) is 1.49. The molecule has 0 bridgehead atoms. The summed E-state index contributed by atoms with van der Waals surface area (Å²) >= 11 is 0. The van der Waals surface area contributed by atoms with E-state index in [1.165, 1.54) is 20.3 Å². The Morgan fingerprint density at radius 3 is 3.06 bits per heavy atom. The first-order valence-electron chi connectivity index (χ1n) is 5.15. The molecule has 0 aliphatic heterocycles. The van der Waals surface area contributed by atoms with Gasteiger partial charge in [0.25, 0.3) is 0 Å². The number of rotatable bonds is 4. The van der Waals surface area contributed by atoms with Crippen molar-refractivity contribution in [1.82, 2.24) is 20.2 Å². The van der Waals surface area contributed by atoms with E-state index in [2.05, 4.69) is 20.1 Å². The van der Waals surface area contributed by atoms with Gasteiger partial charge in [-0.15, -0.1) is 10.2 Å². The van der Waals surface area contributed by atoms with Crippen LogP contribution >= 0.6 is 0 Å². The highest BCUT2D eigenvalue weighted by atomic mass is 16.5. The summed E-state index contributed by atoms with van der Waals surface area (Å²) in [7, 11) is 1.19. The van der Waals surface area contributed by atoms with Crippen LogP contribution in [0.4, 0.5) is 0 Å². The summed E-state index contributed by atoms with van der Waals surface area (Å²) < 4.78 is 9.57. The Bertz CT molecular complexity index is 532. The van der Waals surface area contributed by atoms with Gasteiger partial charge in [-0.05, 0) is 24.3 Å². The van der Waals surface area contributed by atoms with Crippen LogP contribution in [-0.2, 0) is 16.1 Å². The second-order valence-electron chi connectivity index (χ2n) is 3.89. The Morgan fingerprint density at radius 1 is 1.67 bits per heavy atom. The maximum absolute atomic E-state index is 11.3. The summed E-state index contributed by atoms with van der Waals surface area (Å²) in [5, 5.41) is 21.3. The van der Waals surface area contributed by atoms with E-state index in [4.69, 9.17) is 4.42 Å². The minimum absolute atomic E-state index is 0.159. The first kappa shape index (κ1) is 12.2. The number of nitrogens with zero attached hydrogens (tertiary/aromatic N) is 4. The minimum Gasteiger partial charge on any atom is -0.467 e. The van der Waals surface area contributed by atoms with Gasteiger partial charge >= 0.3 is 5.97 Å². The largest absolute Gasteiger partial charge is 0.467 e. The lowest BCUT2D eigenvalue weighted by Crippen LogP contribution is -2.41. The van der Waals surface area contributed by atoms with Crippen molar-refractivity contribution < 1.29 is 19.1 Å². The number of aliphatic hydroxyl groups is 1. The van der Waals surface area contributed by atoms with Crippen molar-refractivity contribution in [2.75, 3.05) is 7.11 Å². The molecule has 1 unspecified atom stereocenters. The maximum Gasteiger partial charge on any atom is 0.339 e. The Kier molecular flexibility index (Phi) is 3.11. The molecule has 8 heteroatoms. The molecule has 0 aliphatic rings. The lowest BCUT2D eigenvalue weighted by Gasteiger charge is -2.18. The first-order valence-corrected chi connectivity index (χ1v) is 5.15. The highest BCUT2D eigenvalue weighted by Crippen LogP contribution is 2.14. The molecule has 0 aromatic carbocycles. The number of tetrazole rings is 1. The zero-order chi connectivity index (χ0) is 13.2. The molecule has 0 aliphatic carbocycles. The smallest absolute Gasteiger partial charge is 0.339 e. The quantitative estimate of drug-likeness (QED) is 0.755. The number of ether oxygens (including phenoxy) is 1. The first-order chi connectivity index (χ1) is 8.53. The van der Waals surface area contributed by atoms with E-state index in [0.717, 1.165) is 4.80 Å². The molecule has 96 valence electrons. The molecule has 0 spiro atoms. The third-order valence-electron chi connectivity index (χ3n) is 2.27. The number of hydrogen-bond acceptors (Lipinski definition) is 7. The van der Waals surface area contributed by atoms with Gasteiger partial charge < -0.3 is 14.3 Å². The monoisotopic (exact) mass is 252 g/mol. The number of esters is 1. The second kappa shape index (κ2) is 4.57. The van der Waals surface area contributed by atoms with Crippen LogP contribution in [0, 0.1) is 0 Å². The molecule has 0 saturated carbocycles. The van der Waals surface area contributed by atoms with Crippen molar-refractivity contribution >= 4 is 5.97 Å².